The Labute approximate surface area is 169 Å². The maximum absolute atomic E-state index is 13.3. The minimum Gasteiger partial charge on any atom is -0.497 e. The molecule has 0 bridgehead atoms. The van der Waals surface area contributed by atoms with E-state index in [0.717, 1.165) is 36.3 Å². The highest BCUT2D eigenvalue weighted by atomic mass is 16.5. The molecular weight excluding hydrogens is 374 g/mol. The van der Waals surface area contributed by atoms with Crippen LogP contribution in [-0.4, -0.2) is 43.9 Å². The van der Waals surface area contributed by atoms with Crippen molar-refractivity contribution in [2.45, 2.75) is 26.2 Å². The Balaban J connectivity index is 1.91. The molecule has 1 aliphatic heterocycles. The van der Waals surface area contributed by atoms with Crippen LogP contribution in [0.2, 0.25) is 0 Å². The van der Waals surface area contributed by atoms with E-state index in [2.05, 4.69) is 0 Å². The maximum Gasteiger partial charge on any atom is 0.341 e. The van der Waals surface area contributed by atoms with Crippen molar-refractivity contribution in [1.82, 2.24) is 0 Å². The van der Waals surface area contributed by atoms with Gasteiger partial charge in [0.25, 0.3) is 5.91 Å². The molecule has 0 atom stereocenters. The van der Waals surface area contributed by atoms with E-state index >= 15 is 0 Å². The van der Waals surface area contributed by atoms with E-state index in [4.69, 9.17) is 19.3 Å². The molecule has 0 saturated heterocycles. The van der Waals surface area contributed by atoms with Crippen molar-refractivity contribution in [2.75, 3.05) is 31.8 Å². The van der Waals surface area contributed by atoms with Crippen molar-refractivity contribution in [3.05, 3.63) is 47.5 Å². The van der Waals surface area contributed by atoms with Crippen LogP contribution in [0.5, 0.6) is 17.2 Å². The van der Waals surface area contributed by atoms with Crippen molar-refractivity contribution >= 4 is 17.6 Å². The summed E-state index contributed by atoms with van der Waals surface area (Å²) in [5.74, 6) is 0.209. The molecule has 0 aromatic heterocycles. The van der Waals surface area contributed by atoms with Gasteiger partial charge in [0.1, 0.15) is 5.75 Å². The van der Waals surface area contributed by atoms with Crippen LogP contribution in [-0.2, 0) is 11.2 Å². The number of benzene rings is 2. The molecule has 1 amide bonds. The van der Waals surface area contributed by atoms with E-state index in [1.54, 1.807) is 30.2 Å². The summed E-state index contributed by atoms with van der Waals surface area (Å²) in [6, 6.07) is 10.6. The zero-order valence-corrected chi connectivity index (χ0v) is 16.6. The molecule has 0 radical (unpaired) electrons. The molecule has 0 saturated carbocycles. The maximum atomic E-state index is 13.3. The summed E-state index contributed by atoms with van der Waals surface area (Å²) in [6.45, 7) is 2.33. The third-order valence-corrected chi connectivity index (χ3v) is 4.74. The number of carbonyl (C=O) groups excluding carboxylic acids is 1. The van der Waals surface area contributed by atoms with Crippen LogP contribution in [0, 0.1) is 0 Å². The van der Waals surface area contributed by atoms with E-state index < -0.39 is 12.6 Å². The number of anilines is 1. The zero-order chi connectivity index (χ0) is 20.8. The van der Waals surface area contributed by atoms with Gasteiger partial charge in [0.2, 0.25) is 0 Å². The fraction of sp³-hybridized carbons (Fsp3) is 0.364. The van der Waals surface area contributed by atoms with E-state index in [0.29, 0.717) is 30.2 Å². The number of carboxylic acid groups (broad SMARTS) is 1. The Morgan fingerprint density at radius 3 is 2.62 bits per heavy atom. The Morgan fingerprint density at radius 1 is 1.07 bits per heavy atom. The highest BCUT2D eigenvalue weighted by molar-refractivity contribution is 6.07. The molecule has 7 heteroatoms. The van der Waals surface area contributed by atoms with E-state index in [1.807, 2.05) is 25.1 Å². The van der Waals surface area contributed by atoms with Crippen molar-refractivity contribution < 1.29 is 28.9 Å². The molecule has 1 heterocycles. The van der Waals surface area contributed by atoms with Gasteiger partial charge in [0.15, 0.2) is 18.1 Å². The molecule has 0 fully saturated rings. The van der Waals surface area contributed by atoms with Crippen molar-refractivity contribution in [1.29, 1.82) is 0 Å². The lowest BCUT2D eigenvalue weighted by atomic mass is 10.1. The second-order valence-electron chi connectivity index (χ2n) is 6.69. The van der Waals surface area contributed by atoms with Crippen molar-refractivity contribution in [3.63, 3.8) is 0 Å². The van der Waals surface area contributed by atoms with E-state index in [-0.39, 0.29) is 5.91 Å². The number of amides is 1. The number of nitrogens with zero attached hydrogens (tertiary/aromatic N) is 1. The summed E-state index contributed by atoms with van der Waals surface area (Å²) in [5, 5.41) is 8.83. The van der Waals surface area contributed by atoms with Crippen LogP contribution >= 0.6 is 0 Å². The van der Waals surface area contributed by atoms with Crippen molar-refractivity contribution in [2.24, 2.45) is 0 Å². The first-order chi connectivity index (χ1) is 14.0. The number of methoxy groups -OCH3 is 1. The second-order valence-corrected chi connectivity index (χ2v) is 6.69. The highest BCUT2D eigenvalue weighted by Gasteiger charge is 2.24. The van der Waals surface area contributed by atoms with Gasteiger partial charge in [0, 0.05) is 17.8 Å². The topological polar surface area (TPSA) is 85.3 Å². The largest absolute Gasteiger partial charge is 0.497 e. The molecule has 29 heavy (non-hydrogen) atoms. The summed E-state index contributed by atoms with van der Waals surface area (Å²) in [6.07, 6.45) is 2.79. The number of rotatable bonds is 7. The number of fused-ring (bicyclic) bond motifs is 1. The smallest absolute Gasteiger partial charge is 0.341 e. The highest BCUT2D eigenvalue weighted by Crippen LogP contribution is 2.33. The molecule has 3 rings (SSSR count). The van der Waals surface area contributed by atoms with E-state index in [9.17, 15) is 9.59 Å². The van der Waals surface area contributed by atoms with E-state index in [1.165, 1.54) is 0 Å². The number of ether oxygens (including phenoxy) is 3. The number of hydrogen-bond acceptors (Lipinski definition) is 5. The Bertz CT molecular complexity index is 895. The van der Waals surface area contributed by atoms with Gasteiger partial charge in [-0.05, 0) is 68.1 Å². The first-order valence-electron chi connectivity index (χ1n) is 9.63. The third-order valence-electron chi connectivity index (χ3n) is 4.74. The minimum atomic E-state index is -1.08. The number of carboxylic acids is 1. The number of hydrogen-bond donors (Lipinski definition) is 1. The quantitative estimate of drug-likeness (QED) is 0.767. The van der Waals surface area contributed by atoms with Gasteiger partial charge in [-0.25, -0.2) is 4.79 Å². The summed E-state index contributed by atoms with van der Waals surface area (Å²) in [7, 11) is 1.63. The average Bonchev–Trinajstić information content (AvgIpc) is 2.94. The number of aliphatic carboxylic acids is 1. The third kappa shape index (κ3) is 4.80. The molecular formula is C22H25NO6. The Morgan fingerprint density at radius 2 is 1.90 bits per heavy atom. The summed E-state index contributed by atoms with van der Waals surface area (Å²) in [5.41, 5.74) is 2.43. The normalized spacial score (nSPS) is 13.2. The molecule has 1 N–H and O–H groups in total. The summed E-state index contributed by atoms with van der Waals surface area (Å²) < 4.78 is 16.2. The van der Waals surface area contributed by atoms with Crippen LogP contribution in [0.15, 0.2) is 36.4 Å². The first-order valence-corrected chi connectivity index (χ1v) is 9.63. The lowest BCUT2D eigenvalue weighted by Gasteiger charge is -2.24. The molecule has 2 aromatic rings. The van der Waals surface area contributed by atoms with Gasteiger partial charge >= 0.3 is 5.97 Å². The SMILES string of the molecule is CCOc1cc(C(=O)N2CCCCc3cc(OC)ccc32)ccc1OCC(=O)O. The number of aryl methyl sites for hydroxylation is 1. The van der Waals surface area contributed by atoms with Gasteiger partial charge in [-0.3, -0.25) is 4.79 Å². The Hall–Kier alpha value is -3.22. The molecule has 7 nitrogen and oxygen atoms in total. The predicted octanol–water partition coefficient (Wildman–Crippen LogP) is 3.54. The van der Waals surface area contributed by atoms with Crippen molar-refractivity contribution in [3.8, 4) is 17.2 Å². The number of carbonyl (C=O) groups is 2. The second kappa shape index (κ2) is 9.32. The van der Waals surface area contributed by atoms with Crippen LogP contribution in [0.4, 0.5) is 5.69 Å². The predicted molar refractivity (Wildman–Crippen MR) is 108 cm³/mol. The summed E-state index contributed by atoms with van der Waals surface area (Å²) >= 11 is 0. The summed E-state index contributed by atoms with van der Waals surface area (Å²) in [4.78, 5) is 25.9. The fourth-order valence-electron chi connectivity index (χ4n) is 3.39. The van der Waals surface area contributed by atoms with Gasteiger partial charge < -0.3 is 24.2 Å². The van der Waals surface area contributed by atoms with Crippen LogP contribution in [0.3, 0.4) is 0 Å². The molecule has 154 valence electrons. The molecule has 0 spiro atoms. The molecule has 0 aliphatic carbocycles. The fourth-order valence-corrected chi connectivity index (χ4v) is 3.39. The Kier molecular flexibility index (Phi) is 6.59. The van der Waals surface area contributed by atoms with Gasteiger partial charge in [0.05, 0.1) is 13.7 Å². The lowest BCUT2D eigenvalue weighted by molar-refractivity contribution is -0.139. The van der Waals surface area contributed by atoms with Gasteiger partial charge in [-0.1, -0.05) is 0 Å². The lowest BCUT2D eigenvalue weighted by Crippen LogP contribution is -2.31. The average molecular weight is 399 g/mol. The van der Waals surface area contributed by atoms with Crippen LogP contribution in [0.25, 0.3) is 0 Å². The van der Waals surface area contributed by atoms with Gasteiger partial charge in [-0.2, -0.15) is 0 Å². The van der Waals surface area contributed by atoms with Gasteiger partial charge in [-0.15, -0.1) is 0 Å². The first kappa shape index (κ1) is 20.5. The monoisotopic (exact) mass is 399 g/mol. The molecule has 1 aliphatic rings. The van der Waals surface area contributed by atoms with Crippen LogP contribution < -0.4 is 19.1 Å². The molecule has 0 unspecified atom stereocenters. The standard InChI is InChI=1S/C22H25NO6/c1-3-28-20-13-16(7-10-19(20)29-14-21(24)25)22(26)23-11-5-4-6-15-12-17(27-2)8-9-18(15)23/h7-10,12-13H,3-6,11,14H2,1-2H3,(H,24,25). The molecule has 2 aromatic carbocycles. The van der Waals surface area contributed by atoms with Crippen LogP contribution in [0.1, 0.15) is 35.7 Å². The zero-order valence-electron chi connectivity index (χ0n) is 16.6. The minimum absolute atomic E-state index is 0.135.